The molecule has 2 rings (SSSR count). The van der Waals surface area contributed by atoms with E-state index in [-0.39, 0.29) is 11.0 Å². The van der Waals surface area contributed by atoms with Gasteiger partial charge in [0.05, 0.1) is 6.61 Å². The largest absolute Gasteiger partial charge is 0.494 e. The van der Waals surface area contributed by atoms with Gasteiger partial charge in [0.25, 0.3) is 0 Å². The van der Waals surface area contributed by atoms with Crippen LogP contribution in [0.2, 0.25) is 0 Å². The number of unbranched alkanes of at least 4 members (excludes halogenated alkanes) is 4. The zero-order valence-electron chi connectivity index (χ0n) is 16.3. The summed E-state index contributed by atoms with van der Waals surface area (Å²) < 4.78 is 5.75. The van der Waals surface area contributed by atoms with Crippen molar-refractivity contribution in [3.05, 3.63) is 66.2 Å². The number of nitrogens with one attached hydrogen (secondary N) is 2. The van der Waals surface area contributed by atoms with E-state index >= 15 is 0 Å². The van der Waals surface area contributed by atoms with Crippen LogP contribution in [0.25, 0.3) is 6.08 Å². The van der Waals surface area contributed by atoms with Gasteiger partial charge in [0.2, 0.25) is 5.91 Å². The highest BCUT2D eigenvalue weighted by atomic mass is 32.1. The third-order valence-electron chi connectivity index (χ3n) is 4.09. The minimum atomic E-state index is -0.274. The fourth-order valence-corrected chi connectivity index (χ4v) is 2.80. The molecule has 0 heterocycles. The summed E-state index contributed by atoms with van der Waals surface area (Å²) >= 11 is 5.19. The minimum Gasteiger partial charge on any atom is -0.494 e. The van der Waals surface area contributed by atoms with E-state index in [4.69, 9.17) is 17.0 Å². The number of hydrogen-bond donors (Lipinski definition) is 2. The van der Waals surface area contributed by atoms with E-state index in [0.29, 0.717) is 0 Å². The quantitative estimate of drug-likeness (QED) is 0.313. The normalized spacial score (nSPS) is 10.6. The zero-order valence-corrected chi connectivity index (χ0v) is 17.1. The Hall–Kier alpha value is -2.66. The lowest BCUT2D eigenvalue weighted by molar-refractivity contribution is -0.115. The van der Waals surface area contributed by atoms with Crippen LogP contribution in [0.1, 0.15) is 44.6 Å². The number of amides is 1. The average Bonchev–Trinajstić information content (AvgIpc) is 2.71. The first-order valence-electron chi connectivity index (χ1n) is 9.75. The van der Waals surface area contributed by atoms with Gasteiger partial charge in [-0.1, -0.05) is 62.9 Å². The van der Waals surface area contributed by atoms with Gasteiger partial charge >= 0.3 is 0 Å². The maximum Gasteiger partial charge on any atom is 0.250 e. The number of anilines is 1. The van der Waals surface area contributed by atoms with Crippen molar-refractivity contribution in [3.8, 4) is 5.75 Å². The maximum absolute atomic E-state index is 11.9. The number of ether oxygens (including phenoxy) is 1. The molecule has 4 nitrogen and oxygen atoms in total. The summed E-state index contributed by atoms with van der Waals surface area (Å²) in [4.78, 5) is 11.9. The smallest absolute Gasteiger partial charge is 0.250 e. The number of benzene rings is 2. The van der Waals surface area contributed by atoms with Crippen molar-refractivity contribution in [3.63, 3.8) is 0 Å². The van der Waals surface area contributed by atoms with Crippen molar-refractivity contribution in [2.45, 2.75) is 39.0 Å². The number of carbonyl (C=O) groups excluding carboxylic acids is 1. The molecule has 1 amide bonds. The van der Waals surface area contributed by atoms with Gasteiger partial charge in [0.15, 0.2) is 5.11 Å². The Kier molecular flexibility index (Phi) is 9.80. The predicted molar refractivity (Wildman–Crippen MR) is 121 cm³/mol. The molecule has 0 aliphatic carbocycles. The Morgan fingerprint density at radius 2 is 1.71 bits per heavy atom. The fraction of sp³-hybridized carbons (Fsp3) is 0.304. The van der Waals surface area contributed by atoms with Crippen LogP contribution in [0.4, 0.5) is 5.69 Å². The van der Waals surface area contributed by atoms with Crippen molar-refractivity contribution >= 4 is 35.0 Å². The molecule has 148 valence electrons. The molecule has 0 saturated heterocycles. The summed E-state index contributed by atoms with van der Waals surface area (Å²) in [6, 6.07) is 17.2. The number of hydrogen-bond acceptors (Lipinski definition) is 3. The van der Waals surface area contributed by atoms with E-state index in [2.05, 4.69) is 17.6 Å². The average molecular weight is 397 g/mol. The van der Waals surface area contributed by atoms with Crippen LogP contribution in [-0.4, -0.2) is 17.6 Å². The molecule has 0 saturated carbocycles. The topological polar surface area (TPSA) is 50.4 Å². The molecule has 0 bridgehead atoms. The molecule has 0 fully saturated rings. The van der Waals surface area contributed by atoms with Gasteiger partial charge in [-0.05, 0) is 54.5 Å². The Labute approximate surface area is 173 Å². The van der Waals surface area contributed by atoms with Crippen LogP contribution < -0.4 is 15.4 Å². The van der Waals surface area contributed by atoms with Crippen LogP contribution in [-0.2, 0) is 4.79 Å². The first-order chi connectivity index (χ1) is 13.7. The van der Waals surface area contributed by atoms with Gasteiger partial charge in [-0.2, -0.15) is 0 Å². The molecule has 0 aromatic heterocycles. The van der Waals surface area contributed by atoms with Crippen molar-refractivity contribution in [2.24, 2.45) is 0 Å². The van der Waals surface area contributed by atoms with Crippen LogP contribution >= 0.6 is 12.2 Å². The molecular formula is C23H28N2O2S. The number of carbonyl (C=O) groups is 1. The molecular weight excluding hydrogens is 368 g/mol. The van der Waals surface area contributed by atoms with Gasteiger partial charge in [-0.3, -0.25) is 10.1 Å². The molecule has 0 aliphatic rings. The molecule has 0 aliphatic heterocycles. The Bertz CT molecular complexity index is 758. The second-order valence-electron chi connectivity index (χ2n) is 6.47. The van der Waals surface area contributed by atoms with Gasteiger partial charge in [-0.15, -0.1) is 0 Å². The lowest BCUT2D eigenvalue weighted by Crippen LogP contribution is -2.32. The lowest BCUT2D eigenvalue weighted by Gasteiger charge is -2.10. The Balaban J connectivity index is 1.70. The van der Waals surface area contributed by atoms with Crippen LogP contribution in [0.15, 0.2) is 60.7 Å². The zero-order chi connectivity index (χ0) is 20.0. The van der Waals surface area contributed by atoms with Crippen LogP contribution in [0.5, 0.6) is 5.75 Å². The predicted octanol–water partition coefficient (Wildman–Crippen LogP) is 5.56. The minimum absolute atomic E-state index is 0.257. The van der Waals surface area contributed by atoms with E-state index in [0.717, 1.165) is 30.0 Å². The van der Waals surface area contributed by atoms with Crippen LogP contribution in [0, 0.1) is 0 Å². The van der Waals surface area contributed by atoms with Crippen molar-refractivity contribution in [1.29, 1.82) is 0 Å². The Morgan fingerprint density at radius 1 is 1.00 bits per heavy atom. The molecule has 5 heteroatoms. The molecule has 0 atom stereocenters. The Morgan fingerprint density at radius 3 is 2.43 bits per heavy atom. The molecule has 0 unspecified atom stereocenters. The van der Waals surface area contributed by atoms with E-state index in [1.54, 1.807) is 6.08 Å². The molecule has 2 N–H and O–H groups in total. The van der Waals surface area contributed by atoms with Gasteiger partial charge in [0, 0.05) is 11.8 Å². The highest BCUT2D eigenvalue weighted by Crippen LogP contribution is 2.16. The molecule has 0 radical (unpaired) electrons. The highest BCUT2D eigenvalue weighted by Gasteiger charge is 2.02. The van der Waals surface area contributed by atoms with Crippen LogP contribution in [0.3, 0.4) is 0 Å². The number of thiocarbonyl (C=S) groups is 1. The third kappa shape index (κ3) is 8.82. The van der Waals surface area contributed by atoms with Gasteiger partial charge in [0.1, 0.15) is 5.75 Å². The van der Waals surface area contributed by atoms with E-state index in [9.17, 15) is 4.79 Å². The first kappa shape index (κ1) is 21.6. The van der Waals surface area contributed by atoms with Gasteiger partial charge in [-0.25, -0.2) is 0 Å². The van der Waals surface area contributed by atoms with Crippen molar-refractivity contribution in [1.82, 2.24) is 5.32 Å². The summed E-state index contributed by atoms with van der Waals surface area (Å²) in [6.07, 6.45) is 9.30. The summed E-state index contributed by atoms with van der Waals surface area (Å²) in [7, 11) is 0. The van der Waals surface area contributed by atoms with E-state index < -0.39 is 0 Å². The molecule has 2 aromatic carbocycles. The third-order valence-corrected chi connectivity index (χ3v) is 4.30. The number of rotatable bonds is 10. The second-order valence-corrected chi connectivity index (χ2v) is 6.88. The van der Waals surface area contributed by atoms with Gasteiger partial charge < -0.3 is 10.1 Å². The summed E-state index contributed by atoms with van der Waals surface area (Å²) in [5, 5.41) is 5.89. The van der Waals surface area contributed by atoms with E-state index in [1.165, 1.54) is 31.8 Å². The molecule has 0 spiro atoms. The van der Waals surface area contributed by atoms with Crippen molar-refractivity contribution < 1.29 is 9.53 Å². The van der Waals surface area contributed by atoms with Crippen molar-refractivity contribution in [2.75, 3.05) is 11.9 Å². The fourth-order valence-electron chi connectivity index (χ4n) is 2.58. The SMILES string of the molecule is CCCCCCCOc1ccc(NC(=S)NC(=O)C=Cc2ccccc2)cc1. The van der Waals surface area contributed by atoms with E-state index in [1.807, 2.05) is 54.6 Å². The monoisotopic (exact) mass is 396 g/mol. The second kappa shape index (κ2) is 12.7. The lowest BCUT2D eigenvalue weighted by atomic mass is 10.2. The maximum atomic E-state index is 11.9. The molecule has 28 heavy (non-hydrogen) atoms. The standard InChI is InChI=1S/C23H28N2O2S/c1-2-3-4-5-9-18-27-21-15-13-20(14-16-21)24-23(28)25-22(26)17-12-19-10-7-6-8-11-19/h6-8,10-17H,2-5,9,18H2,1H3,(H2,24,25,26,28). The highest BCUT2D eigenvalue weighted by molar-refractivity contribution is 7.80. The first-order valence-corrected chi connectivity index (χ1v) is 10.2. The molecule has 2 aromatic rings. The summed E-state index contributed by atoms with van der Waals surface area (Å²) in [5.41, 5.74) is 1.75. The summed E-state index contributed by atoms with van der Waals surface area (Å²) in [6.45, 7) is 2.95. The summed E-state index contributed by atoms with van der Waals surface area (Å²) in [5.74, 6) is 0.561.